The summed E-state index contributed by atoms with van der Waals surface area (Å²) in [7, 11) is 0. The van der Waals surface area contributed by atoms with Crippen LogP contribution in [0.4, 0.5) is 0 Å². The number of hydrogen-bond donors (Lipinski definition) is 1. The van der Waals surface area contributed by atoms with Crippen molar-refractivity contribution in [3.8, 4) is 11.1 Å². The van der Waals surface area contributed by atoms with Crippen molar-refractivity contribution in [2.75, 3.05) is 0 Å². The van der Waals surface area contributed by atoms with Crippen LogP contribution in [0.3, 0.4) is 0 Å². The predicted octanol–water partition coefficient (Wildman–Crippen LogP) is 2.78. The van der Waals surface area contributed by atoms with Gasteiger partial charge in [0.05, 0.1) is 0 Å². The van der Waals surface area contributed by atoms with Gasteiger partial charge in [0.15, 0.2) is 0 Å². The molecular formula is C15H15N. The van der Waals surface area contributed by atoms with Gasteiger partial charge in [-0.25, -0.2) is 0 Å². The van der Waals surface area contributed by atoms with Gasteiger partial charge >= 0.3 is 0 Å². The first kappa shape index (κ1) is 9.61. The Labute approximate surface area is 95.9 Å². The zero-order valence-corrected chi connectivity index (χ0v) is 9.19. The molecule has 2 aromatic carbocycles. The first-order valence-electron chi connectivity index (χ1n) is 5.75. The van der Waals surface area contributed by atoms with Crippen molar-refractivity contribution in [3.05, 3.63) is 59.7 Å². The first-order valence-corrected chi connectivity index (χ1v) is 5.75. The molecule has 80 valence electrons. The van der Waals surface area contributed by atoms with Crippen molar-refractivity contribution in [1.82, 2.24) is 0 Å². The van der Waals surface area contributed by atoms with Gasteiger partial charge in [-0.05, 0) is 35.1 Å². The maximum Gasteiger partial charge on any atom is 0.0120 e. The minimum atomic E-state index is 0.217. The third kappa shape index (κ3) is 1.74. The summed E-state index contributed by atoms with van der Waals surface area (Å²) in [4.78, 5) is 0. The van der Waals surface area contributed by atoms with Crippen LogP contribution in [0.2, 0.25) is 0 Å². The van der Waals surface area contributed by atoms with E-state index >= 15 is 0 Å². The van der Waals surface area contributed by atoms with Crippen LogP contribution in [-0.2, 0) is 12.8 Å². The van der Waals surface area contributed by atoms with Crippen molar-refractivity contribution in [1.29, 1.82) is 0 Å². The highest BCUT2D eigenvalue weighted by Gasteiger charge is 2.08. The molecule has 0 heterocycles. The zero-order valence-electron chi connectivity index (χ0n) is 9.19. The van der Waals surface area contributed by atoms with Crippen molar-refractivity contribution < 1.29 is 0 Å². The summed E-state index contributed by atoms with van der Waals surface area (Å²) in [6.45, 7) is 0. The van der Waals surface area contributed by atoms with E-state index in [1.807, 2.05) is 0 Å². The summed E-state index contributed by atoms with van der Waals surface area (Å²) in [5, 5.41) is 0. The molecule has 0 aromatic heterocycles. The molecule has 4 bridgehead atoms. The summed E-state index contributed by atoms with van der Waals surface area (Å²) in [5.41, 5.74) is 11.4. The quantitative estimate of drug-likeness (QED) is 0.709. The first-order chi connectivity index (χ1) is 7.81. The third-order valence-electron chi connectivity index (χ3n) is 3.24. The average molecular weight is 209 g/mol. The lowest BCUT2D eigenvalue weighted by molar-refractivity contribution is 0.665. The van der Waals surface area contributed by atoms with E-state index in [9.17, 15) is 0 Å². The summed E-state index contributed by atoms with van der Waals surface area (Å²) >= 11 is 0. The Morgan fingerprint density at radius 2 is 1.06 bits per heavy atom. The summed E-state index contributed by atoms with van der Waals surface area (Å²) in [6, 6.07) is 17.7. The fourth-order valence-electron chi connectivity index (χ4n) is 2.34. The largest absolute Gasteiger partial charge is 0.327 e. The second-order valence-electron chi connectivity index (χ2n) is 4.56. The standard InChI is InChI=1S/C15H15N/c16-15-9-11-1-5-13(6-2-11)14-7-3-12(10-15)4-8-14/h1-8,15H,9-10,16H2. The Morgan fingerprint density at radius 1 is 0.688 bits per heavy atom. The molecule has 16 heavy (non-hydrogen) atoms. The molecule has 0 saturated heterocycles. The van der Waals surface area contributed by atoms with Crippen molar-refractivity contribution >= 4 is 0 Å². The van der Waals surface area contributed by atoms with Crippen LogP contribution in [-0.4, -0.2) is 6.04 Å². The maximum absolute atomic E-state index is 6.15. The molecular weight excluding hydrogens is 194 g/mol. The summed E-state index contributed by atoms with van der Waals surface area (Å²) < 4.78 is 0. The van der Waals surface area contributed by atoms with Crippen LogP contribution in [0.15, 0.2) is 48.5 Å². The SMILES string of the molecule is NC1Cc2ccc(cc2)-c2ccc(cc2)C1. The van der Waals surface area contributed by atoms with Crippen LogP contribution in [0, 0.1) is 0 Å². The lowest BCUT2D eigenvalue weighted by Crippen LogP contribution is -2.25. The van der Waals surface area contributed by atoms with E-state index in [0.717, 1.165) is 12.8 Å². The van der Waals surface area contributed by atoms with E-state index in [1.54, 1.807) is 0 Å². The van der Waals surface area contributed by atoms with E-state index in [0.29, 0.717) is 0 Å². The molecule has 2 aromatic rings. The Bertz CT molecular complexity index is 434. The molecule has 0 saturated carbocycles. The van der Waals surface area contributed by atoms with Gasteiger partial charge in [-0.1, -0.05) is 48.5 Å². The van der Waals surface area contributed by atoms with E-state index in [1.165, 1.54) is 22.3 Å². The topological polar surface area (TPSA) is 26.0 Å². The van der Waals surface area contributed by atoms with E-state index < -0.39 is 0 Å². The number of rotatable bonds is 0. The van der Waals surface area contributed by atoms with Gasteiger partial charge in [-0.15, -0.1) is 0 Å². The summed E-state index contributed by atoms with van der Waals surface area (Å²) in [5.74, 6) is 0. The van der Waals surface area contributed by atoms with Crippen LogP contribution in [0.25, 0.3) is 11.1 Å². The Morgan fingerprint density at radius 3 is 1.44 bits per heavy atom. The second kappa shape index (κ2) is 3.76. The molecule has 1 nitrogen and oxygen atoms in total. The average Bonchev–Trinajstić information content (AvgIpc) is 2.37. The van der Waals surface area contributed by atoms with E-state index in [4.69, 9.17) is 5.73 Å². The molecule has 0 radical (unpaired) electrons. The molecule has 6 rings (SSSR count). The lowest BCUT2D eigenvalue weighted by atomic mass is 10.0. The Balaban J connectivity index is 2.16. The lowest BCUT2D eigenvalue weighted by Gasteiger charge is -2.10. The number of benzene rings is 2. The van der Waals surface area contributed by atoms with Crippen molar-refractivity contribution in [2.45, 2.75) is 18.9 Å². The van der Waals surface area contributed by atoms with Gasteiger partial charge in [0.2, 0.25) is 0 Å². The molecule has 4 aliphatic carbocycles. The Hall–Kier alpha value is -1.60. The smallest absolute Gasteiger partial charge is 0.0120 e. The van der Waals surface area contributed by atoms with Gasteiger partial charge < -0.3 is 5.73 Å². The molecule has 1 heteroatoms. The van der Waals surface area contributed by atoms with Gasteiger partial charge in [0, 0.05) is 6.04 Å². The van der Waals surface area contributed by atoms with E-state index in [-0.39, 0.29) is 6.04 Å². The monoisotopic (exact) mass is 209 g/mol. The van der Waals surface area contributed by atoms with Crippen LogP contribution < -0.4 is 5.73 Å². The Kier molecular flexibility index (Phi) is 2.26. The minimum absolute atomic E-state index is 0.217. The van der Waals surface area contributed by atoms with E-state index in [2.05, 4.69) is 48.5 Å². The van der Waals surface area contributed by atoms with Crippen molar-refractivity contribution in [3.63, 3.8) is 0 Å². The highest BCUT2D eigenvalue weighted by atomic mass is 14.6. The van der Waals surface area contributed by atoms with Crippen molar-refractivity contribution in [2.24, 2.45) is 5.73 Å². The molecule has 0 spiro atoms. The highest BCUT2D eigenvalue weighted by Crippen LogP contribution is 2.22. The molecule has 4 aliphatic rings. The van der Waals surface area contributed by atoms with Gasteiger partial charge in [-0.3, -0.25) is 0 Å². The van der Waals surface area contributed by atoms with Crippen LogP contribution in [0.1, 0.15) is 11.1 Å². The molecule has 0 fully saturated rings. The fraction of sp³-hybridized carbons (Fsp3) is 0.200. The van der Waals surface area contributed by atoms with Gasteiger partial charge in [0.1, 0.15) is 0 Å². The zero-order chi connectivity index (χ0) is 11.0. The second-order valence-corrected chi connectivity index (χ2v) is 4.56. The van der Waals surface area contributed by atoms with Crippen LogP contribution >= 0.6 is 0 Å². The molecule has 0 atom stereocenters. The number of nitrogens with two attached hydrogens (primary N) is 1. The molecule has 2 N–H and O–H groups in total. The maximum atomic E-state index is 6.15. The minimum Gasteiger partial charge on any atom is -0.327 e. The molecule has 0 amide bonds. The summed E-state index contributed by atoms with van der Waals surface area (Å²) in [6.07, 6.45) is 1.92. The molecule has 0 unspecified atom stereocenters. The van der Waals surface area contributed by atoms with Gasteiger partial charge in [0.25, 0.3) is 0 Å². The van der Waals surface area contributed by atoms with Crippen LogP contribution in [0.5, 0.6) is 0 Å². The normalized spacial score (nSPS) is 15.1. The highest BCUT2D eigenvalue weighted by molar-refractivity contribution is 5.64. The fourth-order valence-corrected chi connectivity index (χ4v) is 2.34. The molecule has 0 aliphatic heterocycles. The predicted molar refractivity (Wildman–Crippen MR) is 67.3 cm³/mol. The third-order valence-corrected chi connectivity index (χ3v) is 3.24. The van der Waals surface area contributed by atoms with Gasteiger partial charge in [-0.2, -0.15) is 0 Å². The number of hydrogen-bond acceptors (Lipinski definition) is 1.